The van der Waals surface area contributed by atoms with Crippen molar-refractivity contribution in [3.8, 4) is 0 Å². The molecule has 1 fully saturated rings. The van der Waals surface area contributed by atoms with E-state index in [0.29, 0.717) is 13.0 Å². The van der Waals surface area contributed by atoms with Crippen molar-refractivity contribution in [1.29, 1.82) is 0 Å². The van der Waals surface area contributed by atoms with Gasteiger partial charge in [-0.15, -0.1) is 0 Å². The van der Waals surface area contributed by atoms with Gasteiger partial charge in [0.2, 0.25) is 5.43 Å². The van der Waals surface area contributed by atoms with Crippen molar-refractivity contribution in [3.63, 3.8) is 0 Å². The summed E-state index contributed by atoms with van der Waals surface area (Å²) in [6, 6.07) is 0.000113. The Labute approximate surface area is 173 Å². The highest BCUT2D eigenvalue weighted by Crippen LogP contribution is 2.28. The zero-order valence-corrected chi connectivity index (χ0v) is 18.3. The Kier molecular flexibility index (Phi) is 8.02. The van der Waals surface area contributed by atoms with E-state index in [1.54, 1.807) is 19.5 Å². The molecule has 2 amide bonds. The number of aromatic nitrogens is 1. The first-order valence-electron chi connectivity index (χ1n) is 10.5. The van der Waals surface area contributed by atoms with E-state index in [2.05, 4.69) is 10.6 Å². The van der Waals surface area contributed by atoms with Gasteiger partial charge in [0.1, 0.15) is 11.1 Å². The Hall–Kier alpha value is -2.15. The maximum Gasteiger partial charge on any atom is 0.257 e. The van der Waals surface area contributed by atoms with Crippen LogP contribution in [0.1, 0.15) is 93.0 Å². The highest BCUT2D eigenvalue weighted by Gasteiger charge is 2.25. The van der Waals surface area contributed by atoms with Gasteiger partial charge in [-0.1, -0.05) is 26.2 Å². The van der Waals surface area contributed by atoms with Crippen LogP contribution in [0.25, 0.3) is 0 Å². The first-order valence-corrected chi connectivity index (χ1v) is 10.5. The van der Waals surface area contributed by atoms with Crippen molar-refractivity contribution < 1.29 is 14.3 Å². The molecule has 7 nitrogen and oxygen atoms in total. The normalized spacial score (nSPS) is 16.3. The number of amides is 2. The van der Waals surface area contributed by atoms with Gasteiger partial charge >= 0.3 is 0 Å². The van der Waals surface area contributed by atoms with Crippen LogP contribution in [-0.2, 0) is 4.74 Å². The highest BCUT2D eigenvalue weighted by atomic mass is 16.5. The molecule has 0 spiro atoms. The minimum Gasteiger partial charge on any atom is -0.383 e. The van der Waals surface area contributed by atoms with Gasteiger partial charge in [-0.25, -0.2) is 0 Å². The molecule has 0 saturated heterocycles. The molecule has 1 unspecified atom stereocenters. The van der Waals surface area contributed by atoms with E-state index in [0.717, 1.165) is 25.7 Å². The van der Waals surface area contributed by atoms with Gasteiger partial charge in [0.25, 0.3) is 11.8 Å². The minimum atomic E-state index is -0.538. The second-order valence-electron chi connectivity index (χ2n) is 8.89. The van der Waals surface area contributed by atoms with Crippen molar-refractivity contribution in [2.75, 3.05) is 13.7 Å². The first-order chi connectivity index (χ1) is 13.7. The van der Waals surface area contributed by atoms with Gasteiger partial charge in [0.05, 0.1) is 12.6 Å². The monoisotopic (exact) mass is 405 g/mol. The van der Waals surface area contributed by atoms with E-state index in [1.807, 2.05) is 32.3 Å². The van der Waals surface area contributed by atoms with Gasteiger partial charge in [0, 0.05) is 31.1 Å². The van der Waals surface area contributed by atoms with Crippen LogP contribution in [0.4, 0.5) is 0 Å². The zero-order valence-electron chi connectivity index (χ0n) is 18.3. The number of pyridine rings is 1. The van der Waals surface area contributed by atoms with Crippen molar-refractivity contribution in [2.45, 2.75) is 83.8 Å². The largest absolute Gasteiger partial charge is 0.383 e. The van der Waals surface area contributed by atoms with Crippen molar-refractivity contribution in [1.82, 2.24) is 15.2 Å². The van der Waals surface area contributed by atoms with E-state index in [-0.39, 0.29) is 23.2 Å². The van der Waals surface area contributed by atoms with Gasteiger partial charge in [-0.2, -0.15) is 0 Å². The summed E-state index contributed by atoms with van der Waals surface area (Å²) in [6.45, 7) is 7.88. The van der Waals surface area contributed by atoms with Gasteiger partial charge in [-0.05, 0) is 40.0 Å². The number of nitrogens with one attached hydrogen (secondary N) is 2. The lowest BCUT2D eigenvalue weighted by Crippen LogP contribution is -2.44. The Morgan fingerprint density at radius 2 is 1.72 bits per heavy atom. The fourth-order valence-corrected chi connectivity index (χ4v) is 3.65. The molecule has 0 aromatic carbocycles. The van der Waals surface area contributed by atoms with Crippen LogP contribution in [0, 0.1) is 0 Å². The van der Waals surface area contributed by atoms with Crippen LogP contribution < -0.4 is 16.1 Å². The third-order valence-corrected chi connectivity index (χ3v) is 5.22. The summed E-state index contributed by atoms with van der Waals surface area (Å²) >= 11 is 0. The molecule has 162 valence electrons. The lowest BCUT2D eigenvalue weighted by atomic mass is 9.95. The van der Waals surface area contributed by atoms with Crippen LogP contribution >= 0.6 is 0 Å². The molecule has 7 heteroatoms. The average Bonchev–Trinajstić information content (AvgIpc) is 2.66. The predicted octanol–water partition coefficient (Wildman–Crippen LogP) is 3.04. The molecular weight excluding hydrogens is 370 g/mol. The number of carbonyl (C=O) groups excluding carboxylic acids is 2. The third-order valence-electron chi connectivity index (χ3n) is 5.22. The van der Waals surface area contributed by atoms with E-state index in [4.69, 9.17) is 4.74 Å². The number of hydrogen-bond acceptors (Lipinski definition) is 4. The molecular formula is C22H35N3O4. The molecule has 1 aromatic heterocycles. The standard InChI is InChI=1S/C22H35N3O4/c1-6-15(14-29-5)23-20(27)17-12-25(16-10-8-7-9-11-16)13-18(19(17)26)21(28)24-22(2,3)4/h12-13,15-16H,6-11,14H2,1-5H3,(H,23,27)(H,24,28). The molecule has 0 bridgehead atoms. The van der Waals surface area contributed by atoms with Crippen LogP contribution in [0.2, 0.25) is 0 Å². The number of rotatable bonds is 7. The quantitative estimate of drug-likeness (QED) is 0.730. The van der Waals surface area contributed by atoms with E-state index in [9.17, 15) is 14.4 Å². The predicted molar refractivity (Wildman–Crippen MR) is 113 cm³/mol. The Morgan fingerprint density at radius 1 is 1.14 bits per heavy atom. The van der Waals surface area contributed by atoms with Crippen LogP contribution in [0.5, 0.6) is 0 Å². The molecule has 1 saturated carbocycles. The maximum absolute atomic E-state index is 13.0. The molecule has 2 rings (SSSR count). The fraction of sp³-hybridized carbons (Fsp3) is 0.682. The van der Waals surface area contributed by atoms with Gasteiger partial charge < -0.3 is 19.9 Å². The summed E-state index contributed by atoms with van der Waals surface area (Å²) in [5, 5.41) is 5.70. The molecule has 0 radical (unpaired) electrons. The average molecular weight is 406 g/mol. The van der Waals surface area contributed by atoms with Crippen molar-refractivity contribution in [2.24, 2.45) is 0 Å². The Bertz CT molecular complexity index is 773. The third kappa shape index (κ3) is 6.42. The highest BCUT2D eigenvalue weighted by molar-refractivity contribution is 5.99. The molecule has 1 aliphatic rings. The summed E-state index contributed by atoms with van der Waals surface area (Å²) < 4.78 is 7.03. The first kappa shape index (κ1) is 23.1. The fourth-order valence-electron chi connectivity index (χ4n) is 3.65. The molecule has 1 atom stereocenters. The van der Waals surface area contributed by atoms with Gasteiger partial charge in [0.15, 0.2) is 0 Å². The molecule has 1 aromatic rings. The lowest BCUT2D eigenvalue weighted by molar-refractivity contribution is 0.0892. The minimum absolute atomic E-state index is 0.00619. The summed E-state index contributed by atoms with van der Waals surface area (Å²) in [4.78, 5) is 38.7. The second-order valence-corrected chi connectivity index (χ2v) is 8.89. The second kappa shape index (κ2) is 10.1. The van der Waals surface area contributed by atoms with Crippen LogP contribution in [0.15, 0.2) is 17.2 Å². The van der Waals surface area contributed by atoms with Crippen LogP contribution in [0.3, 0.4) is 0 Å². The number of ether oxygens (including phenoxy) is 1. The topological polar surface area (TPSA) is 89.4 Å². The summed E-state index contributed by atoms with van der Waals surface area (Å²) in [5.41, 5.74) is -1.00. The molecule has 29 heavy (non-hydrogen) atoms. The molecule has 2 N–H and O–H groups in total. The van der Waals surface area contributed by atoms with Crippen LogP contribution in [-0.4, -0.2) is 41.7 Å². The Balaban J connectivity index is 2.45. The number of hydrogen-bond donors (Lipinski definition) is 2. The number of nitrogens with zero attached hydrogens (tertiary/aromatic N) is 1. The van der Waals surface area contributed by atoms with Crippen molar-refractivity contribution in [3.05, 3.63) is 33.7 Å². The van der Waals surface area contributed by atoms with Gasteiger partial charge in [-0.3, -0.25) is 14.4 Å². The van der Waals surface area contributed by atoms with E-state index < -0.39 is 22.8 Å². The molecule has 0 aliphatic heterocycles. The number of carbonyl (C=O) groups is 2. The summed E-state index contributed by atoms with van der Waals surface area (Å²) in [6.07, 6.45) is 9.26. The number of methoxy groups -OCH3 is 1. The summed E-state index contributed by atoms with van der Waals surface area (Å²) in [5.74, 6) is -0.917. The summed E-state index contributed by atoms with van der Waals surface area (Å²) in [7, 11) is 1.57. The lowest BCUT2D eigenvalue weighted by Gasteiger charge is -2.26. The zero-order chi connectivity index (χ0) is 21.6. The van der Waals surface area contributed by atoms with Crippen molar-refractivity contribution >= 4 is 11.8 Å². The SMILES string of the molecule is CCC(COC)NC(=O)c1cn(C2CCCCC2)cc(C(=O)NC(C)(C)C)c1=O. The maximum atomic E-state index is 13.0. The Morgan fingerprint density at radius 3 is 2.24 bits per heavy atom. The molecule has 1 aliphatic carbocycles. The smallest absolute Gasteiger partial charge is 0.257 e. The molecule has 1 heterocycles. The van der Waals surface area contributed by atoms with E-state index >= 15 is 0 Å². The van der Waals surface area contributed by atoms with E-state index in [1.165, 1.54) is 6.42 Å².